The number of nitrogens with one attached hydrogen (secondary N) is 1. The summed E-state index contributed by atoms with van der Waals surface area (Å²) in [4.78, 5) is 8.80. The summed E-state index contributed by atoms with van der Waals surface area (Å²) in [5.74, 6) is 1.55. The zero-order chi connectivity index (χ0) is 16.0. The van der Waals surface area contributed by atoms with E-state index in [-0.39, 0.29) is 12.1 Å². The van der Waals surface area contributed by atoms with Crippen LogP contribution in [0.4, 0.5) is 11.8 Å². The molecular formula is C16H22N6O. The van der Waals surface area contributed by atoms with Crippen LogP contribution in [0.3, 0.4) is 0 Å². The molecule has 1 saturated carbocycles. The Hall–Kier alpha value is -2.15. The van der Waals surface area contributed by atoms with Gasteiger partial charge in [-0.2, -0.15) is 10.1 Å². The average molecular weight is 314 g/mol. The minimum Gasteiger partial charge on any atom is -0.393 e. The Bertz CT molecular complexity index is 721. The molecule has 1 fully saturated rings. The lowest BCUT2D eigenvalue weighted by Crippen LogP contribution is -2.36. The van der Waals surface area contributed by atoms with Crippen LogP contribution in [0.25, 0.3) is 0 Å². The zero-order valence-corrected chi connectivity index (χ0v) is 13.2. The van der Waals surface area contributed by atoms with Crippen molar-refractivity contribution in [1.82, 2.24) is 19.7 Å². The number of fused-ring (bicyclic) bond motifs is 1. The first-order valence-electron chi connectivity index (χ1n) is 8.18. The number of rotatable bonds is 4. The Morgan fingerprint density at radius 1 is 1.35 bits per heavy atom. The second kappa shape index (κ2) is 5.49. The van der Waals surface area contributed by atoms with Gasteiger partial charge in [0, 0.05) is 24.4 Å². The molecule has 2 heterocycles. The lowest BCUT2D eigenvalue weighted by Gasteiger charge is -2.38. The molecule has 0 radical (unpaired) electrons. The van der Waals surface area contributed by atoms with Gasteiger partial charge in [0.25, 0.3) is 0 Å². The van der Waals surface area contributed by atoms with Crippen molar-refractivity contribution in [3.63, 3.8) is 0 Å². The van der Waals surface area contributed by atoms with Gasteiger partial charge in [-0.15, -0.1) is 0 Å². The molecule has 0 spiro atoms. The first-order chi connectivity index (χ1) is 11.1. The van der Waals surface area contributed by atoms with Crippen molar-refractivity contribution >= 4 is 11.8 Å². The van der Waals surface area contributed by atoms with Gasteiger partial charge in [-0.1, -0.05) is 0 Å². The van der Waals surface area contributed by atoms with E-state index < -0.39 is 0 Å². The van der Waals surface area contributed by atoms with E-state index in [1.807, 2.05) is 19.4 Å². The number of hydrogen-bond donors (Lipinski definition) is 3. The van der Waals surface area contributed by atoms with E-state index in [2.05, 4.69) is 20.4 Å². The number of aromatic nitrogens is 4. The van der Waals surface area contributed by atoms with Crippen molar-refractivity contribution in [2.45, 2.75) is 44.2 Å². The maximum Gasteiger partial charge on any atom is 0.222 e. The predicted molar refractivity (Wildman–Crippen MR) is 86.8 cm³/mol. The van der Waals surface area contributed by atoms with Gasteiger partial charge in [0.15, 0.2) is 0 Å². The van der Waals surface area contributed by atoms with Crippen molar-refractivity contribution < 1.29 is 5.11 Å². The van der Waals surface area contributed by atoms with E-state index >= 15 is 0 Å². The molecule has 0 saturated heterocycles. The first-order valence-corrected chi connectivity index (χ1v) is 8.18. The maximum absolute atomic E-state index is 9.69. The Kier molecular flexibility index (Phi) is 3.45. The van der Waals surface area contributed by atoms with Crippen LogP contribution in [-0.4, -0.2) is 31.0 Å². The zero-order valence-electron chi connectivity index (χ0n) is 13.2. The topological polar surface area (TPSA) is 102 Å². The predicted octanol–water partition coefficient (Wildman–Crippen LogP) is 1.21. The van der Waals surface area contributed by atoms with E-state index in [9.17, 15) is 5.11 Å². The van der Waals surface area contributed by atoms with E-state index in [1.165, 1.54) is 5.56 Å². The fourth-order valence-electron chi connectivity index (χ4n) is 3.69. The van der Waals surface area contributed by atoms with Gasteiger partial charge in [-0.3, -0.25) is 4.68 Å². The second-order valence-electron chi connectivity index (χ2n) is 6.66. The van der Waals surface area contributed by atoms with Gasteiger partial charge in [-0.25, -0.2) is 4.98 Å². The van der Waals surface area contributed by atoms with Crippen molar-refractivity contribution in [1.29, 1.82) is 0 Å². The molecule has 122 valence electrons. The van der Waals surface area contributed by atoms with E-state index in [0.29, 0.717) is 11.9 Å². The number of aliphatic hydroxyl groups is 1. The Morgan fingerprint density at radius 2 is 2.17 bits per heavy atom. The van der Waals surface area contributed by atoms with E-state index in [4.69, 9.17) is 5.73 Å². The fourth-order valence-corrected chi connectivity index (χ4v) is 3.69. The molecule has 2 aliphatic carbocycles. The summed E-state index contributed by atoms with van der Waals surface area (Å²) in [5, 5.41) is 17.6. The molecule has 0 amide bonds. The fraction of sp³-hybridized carbons (Fsp3) is 0.562. The van der Waals surface area contributed by atoms with Gasteiger partial charge in [0.1, 0.15) is 5.82 Å². The SMILES string of the molecule is Cn1cc([C@@H](Nc2nc(N)nc3c2CCC3)C2CC(O)C2)cn1. The van der Waals surface area contributed by atoms with E-state index in [1.54, 1.807) is 4.68 Å². The quantitative estimate of drug-likeness (QED) is 0.784. The first kappa shape index (κ1) is 14.4. The Balaban J connectivity index is 1.66. The molecule has 7 nitrogen and oxygen atoms in total. The number of hydrogen-bond acceptors (Lipinski definition) is 6. The molecule has 7 heteroatoms. The van der Waals surface area contributed by atoms with Crippen molar-refractivity contribution in [2.75, 3.05) is 11.1 Å². The van der Waals surface area contributed by atoms with Crippen LogP contribution in [0.15, 0.2) is 12.4 Å². The lowest BCUT2D eigenvalue weighted by atomic mass is 9.75. The standard InChI is InChI=1S/C16H22N6O/c1-22-8-10(7-18-22)14(9-5-11(23)6-9)20-15-12-3-2-4-13(12)19-16(17)21-15/h7-9,11,14,23H,2-6H2,1H3,(H3,17,19,20,21)/t9?,11?,14-/m0/s1. The normalized spacial score (nSPS) is 24.1. The van der Waals surface area contributed by atoms with Crippen molar-refractivity contribution in [2.24, 2.45) is 13.0 Å². The van der Waals surface area contributed by atoms with Crippen LogP contribution in [-0.2, 0) is 19.9 Å². The van der Waals surface area contributed by atoms with Gasteiger partial charge >= 0.3 is 0 Å². The highest BCUT2D eigenvalue weighted by molar-refractivity contribution is 5.53. The summed E-state index contributed by atoms with van der Waals surface area (Å²) >= 11 is 0. The summed E-state index contributed by atoms with van der Waals surface area (Å²) in [6, 6.07) is 0.0890. The molecule has 0 bridgehead atoms. The minimum absolute atomic E-state index is 0.0890. The van der Waals surface area contributed by atoms with Gasteiger partial charge in [0.2, 0.25) is 5.95 Å². The largest absolute Gasteiger partial charge is 0.393 e. The van der Waals surface area contributed by atoms with Gasteiger partial charge in [-0.05, 0) is 38.0 Å². The third-order valence-corrected chi connectivity index (χ3v) is 4.95. The van der Waals surface area contributed by atoms with Crippen molar-refractivity contribution in [3.05, 3.63) is 29.2 Å². The van der Waals surface area contributed by atoms with Crippen LogP contribution in [0.1, 0.15) is 42.1 Å². The molecule has 0 unspecified atom stereocenters. The molecule has 2 aromatic heterocycles. The highest BCUT2D eigenvalue weighted by Gasteiger charge is 2.36. The summed E-state index contributed by atoms with van der Waals surface area (Å²) in [7, 11) is 1.91. The molecule has 2 aromatic rings. The summed E-state index contributed by atoms with van der Waals surface area (Å²) in [6.07, 6.45) is 8.37. The number of aliphatic hydroxyl groups excluding tert-OH is 1. The number of anilines is 2. The molecular weight excluding hydrogens is 292 g/mol. The Labute approximate surface area is 134 Å². The summed E-state index contributed by atoms with van der Waals surface area (Å²) in [5.41, 5.74) is 9.25. The third kappa shape index (κ3) is 2.65. The molecule has 0 aliphatic heterocycles. The second-order valence-corrected chi connectivity index (χ2v) is 6.66. The number of nitrogen functional groups attached to an aromatic ring is 1. The van der Waals surface area contributed by atoms with Crippen LogP contribution < -0.4 is 11.1 Å². The van der Waals surface area contributed by atoms with Gasteiger partial charge in [0.05, 0.1) is 24.0 Å². The lowest BCUT2D eigenvalue weighted by molar-refractivity contribution is 0.0339. The number of nitrogens with two attached hydrogens (primary N) is 1. The summed E-state index contributed by atoms with van der Waals surface area (Å²) in [6.45, 7) is 0. The number of nitrogens with zero attached hydrogens (tertiary/aromatic N) is 4. The van der Waals surface area contributed by atoms with Crippen molar-refractivity contribution in [3.8, 4) is 0 Å². The molecule has 4 rings (SSSR count). The van der Waals surface area contributed by atoms with Crippen LogP contribution in [0, 0.1) is 5.92 Å². The third-order valence-electron chi connectivity index (χ3n) is 4.95. The smallest absolute Gasteiger partial charge is 0.222 e. The molecule has 4 N–H and O–H groups in total. The Morgan fingerprint density at radius 3 is 2.87 bits per heavy atom. The highest BCUT2D eigenvalue weighted by Crippen LogP contribution is 2.41. The molecule has 23 heavy (non-hydrogen) atoms. The number of aryl methyl sites for hydroxylation is 2. The van der Waals surface area contributed by atoms with Crippen LogP contribution >= 0.6 is 0 Å². The molecule has 1 atom stereocenters. The van der Waals surface area contributed by atoms with E-state index in [0.717, 1.165) is 49.2 Å². The maximum atomic E-state index is 9.69. The van der Waals surface area contributed by atoms with Gasteiger partial charge < -0.3 is 16.2 Å². The molecule has 0 aromatic carbocycles. The monoisotopic (exact) mass is 314 g/mol. The summed E-state index contributed by atoms with van der Waals surface area (Å²) < 4.78 is 1.80. The average Bonchev–Trinajstić information content (AvgIpc) is 3.10. The van der Waals surface area contributed by atoms with Crippen LogP contribution in [0.5, 0.6) is 0 Å². The highest BCUT2D eigenvalue weighted by atomic mass is 16.3. The molecule has 2 aliphatic rings. The van der Waals surface area contributed by atoms with Crippen LogP contribution in [0.2, 0.25) is 0 Å². The minimum atomic E-state index is -0.192.